The van der Waals surface area contributed by atoms with E-state index in [1.807, 2.05) is 6.92 Å². The first-order valence-electron chi connectivity index (χ1n) is 6.17. The molecule has 0 aromatic rings. The Morgan fingerprint density at radius 2 is 2.18 bits per heavy atom. The van der Waals surface area contributed by atoms with Gasteiger partial charge in [0, 0.05) is 19.8 Å². The fraction of sp³-hybridized carbons (Fsp3) is 1.00. The van der Waals surface area contributed by atoms with Gasteiger partial charge in [0.05, 0.1) is 7.11 Å². The first-order chi connectivity index (χ1) is 8.24. The zero-order valence-corrected chi connectivity index (χ0v) is 11.9. The van der Waals surface area contributed by atoms with Crippen LogP contribution in [0.15, 0.2) is 0 Å². The standard InChI is InChI=1S/C8H16O2.C3H9NO2S/c1-2-6-9-8-5-3-4-7-10-8;1-3-4-7(5)6-2/h8H,2-7H2,1H3;4H,3H2,1-2H3. The molecule has 6 heteroatoms. The second-order valence-electron chi connectivity index (χ2n) is 3.57. The summed E-state index contributed by atoms with van der Waals surface area (Å²) in [6.07, 6.45) is 4.73. The molecular weight excluding hydrogens is 242 g/mol. The molecule has 0 spiro atoms. The van der Waals surface area contributed by atoms with E-state index in [0.717, 1.165) is 26.1 Å². The minimum absolute atomic E-state index is 0.105. The highest BCUT2D eigenvalue weighted by Crippen LogP contribution is 2.13. The van der Waals surface area contributed by atoms with E-state index in [9.17, 15) is 4.21 Å². The largest absolute Gasteiger partial charge is 0.353 e. The average molecular weight is 267 g/mol. The molecule has 2 unspecified atom stereocenters. The molecule has 0 aliphatic carbocycles. The lowest BCUT2D eigenvalue weighted by atomic mass is 10.2. The van der Waals surface area contributed by atoms with E-state index >= 15 is 0 Å². The highest BCUT2D eigenvalue weighted by atomic mass is 32.2. The molecular formula is C11H25NO4S. The Bertz CT molecular complexity index is 186. The van der Waals surface area contributed by atoms with Crippen molar-refractivity contribution < 1.29 is 17.9 Å². The number of hydrogen-bond acceptors (Lipinski definition) is 4. The molecule has 0 radical (unpaired) electrons. The summed E-state index contributed by atoms with van der Waals surface area (Å²) in [7, 11) is 1.39. The predicted molar refractivity (Wildman–Crippen MR) is 68.7 cm³/mol. The number of hydrogen-bond donors (Lipinski definition) is 1. The van der Waals surface area contributed by atoms with E-state index in [1.165, 1.54) is 20.0 Å². The third-order valence-electron chi connectivity index (χ3n) is 2.06. The number of ether oxygens (including phenoxy) is 2. The molecule has 0 aromatic carbocycles. The summed E-state index contributed by atoms with van der Waals surface area (Å²) in [5.74, 6) is 0. The normalized spacial score (nSPS) is 21.5. The molecule has 17 heavy (non-hydrogen) atoms. The van der Waals surface area contributed by atoms with Crippen molar-refractivity contribution in [1.29, 1.82) is 0 Å². The molecule has 1 saturated heterocycles. The third-order valence-corrected chi connectivity index (χ3v) is 2.89. The van der Waals surface area contributed by atoms with Crippen LogP contribution in [0.1, 0.15) is 39.5 Å². The molecule has 0 amide bonds. The van der Waals surface area contributed by atoms with Crippen molar-refractivity contribution in [2.24, 2.45) is 0 Å². The third kappa shape index (κ3) is 10.8. The number of nitrogens with one attached hydrogen (secondary N) is 1. The van der Waals surface area contributed by atoms with Gasteiger partial charge in [0.15, 0.2) is 6.29 Å². The van der Waals surface area contributed by atoms with Gasteiger partial charge in [-0.05, 0) is 25.7 Å². The summed E-state index contributed by atoms with van der Waals surface area (Å²) in [6, 6.07) is 0. The van der Waals surface area contributed by atoms with Crippen molar-refractivity contribution in [3.8, 4) is 0 Å². The van der Waals surface area contributed by atoms with Crippen molar-refractivity contribution in [1.82, 2.24) is 4.72 Å². The lowest BCUT2D eigenvalue weighted by Crippen LogP contribution is -2.22. The van der Waals surface area contributed by atoms with Crippen LogP contribution in [-0.2, 0) is 24.9 Å². The average Bonchev–Trinajstić information content (AvgIpc) is 2.38. The highest BCUT2D eigenvalue weighted by molar-refractivity contribution is 7.78. The van der Waals surface area contributed by atoms with Gasteiger partial charge in [-0.3, -0.25) is 4.18 Å². The molecule has 1 N–H and O–H groups in total. The van der Waals surface area contributed by atoms with Crippen LogP contribution < -0.4 is 4.72 Å². The molecule has 2 atom stereocenters. The van der Waals surface area contributed by atoms with Crippen LogP contribution in [0, 0.1) is 0 Å². The summed E-state index contributed by atoms with van der Waals surface area (Å²) in [5.41, 5.74) is 0. The van der Waals surface area contributed by atoms with Gasteiger partial charge in [-0.25, -0.2) is 8.93 Å². The maximum Gasteiger partial charge on any atom is 0.234 e. The van der Waals surface area contributed by atoms with Crippen LogP contribution in [0.4, 0.5) is 0 Å². The quantitative estimate of drug-likeness (QED) is 0.796. The van der Waals surface area contributed by atoms with Crippen LogP contribution in [-0.4, -0.2) is 37.4 Å². The zero-order chi connectivity index (χ0) is 12.9. The van der Waals surface area contributed by atoms with Gasteiger partial charge in [0.2, 0.25) is 11.3 Å². The van der Waals surface area contributed by atoms with E-state index in [0.29, 0.717) is 6.54 Å². The second-order valence-corrected chi connectivity index (χ2v) is 4.66. The monoisotopic (exact) mass is 267 g/mol. The van der Waals surface area contributed by atoms with Gasteiger partial charge in [0.1, 0.15) is 0 Å². The minimum atomic E-state index is -1.28. The fourth-order valence-corrected chi connectivity index (χ4v) is 1.62. The summed E-state index contributed by atoms with van der Waals surface area (Å²) in [6.45, 7) is 6.36. The van der Waals surface area contributed by atoms with E-state index in [2.05, 4.69) is 15.8 Å². The van der Waals surface area contributed by atoms with Gasteiger partial charge in [-0.15, -0.1) is 0 Å². The molecule has 0 bridgehead atoms. The lowest BCUT2D eigenvalue weighted by Gasteiger charge is -2.22. The summed E-state index contributed by atoms with van der Waals surface area (Å²) in [5, 5.41) is 0. The van der Waals surface area contributed by atoms with E-state index < -0.39 is 11.3 Å². The van der Waals surface area contributed by atoms with Gasteiger partial charge in [-0.1, -0.05) is 13.8 Å². The SMILES string of the molecule is CCCOC1CCCCO1.CCNS(=O)OC. The Kier molecular flexibility index (Phi) is 12.4. The fourth-order valence-electron chi connectivity index (χ4n) is 1.27. The van der Waals surface area contributed by atoms with Crippen molar-refractivity contribution in [3.05, 3.63) is 0 Å². The van der Waals surface area contributed by atoms with Crippen molar-refractivity contribution in [3.63, 3.8) is 0 Å². The van der Waals surface area contributed by atoms with E-state index in [-0.39, 0.29) is 6.29 Å². The zero-order valence-electron chi connectivity index (χ0n) is 11.1. The van der Waals surface area contributed by atoms with Crippen molar-refractivity contribution >= 4 is 11.3 Å². The Labute approximate surface area is 107 Å². The molecule has 104 valence electrons. The first-order valence-corrected chi connectivity index (χ1v) is 7.25. The molecule has 0 saturated carbocycles. The predicted octanol–water partition coefficient (Wildman–Crippen LogP) is 1.76. The summed E-state index contributed by atoms with van der Waals surface area (Å²) < 4.78 is 27.9. The minimum Gasteiger partial charge on any atom is -0.353 e. The van der Waals surface area contributed by atoms with Gasteiger partial charge >= 0.3 is 0 Å². The maximum absolute atomic E-state index is 10.2. The maximum atomic E-state index is 10.2. The van der Waals surface area contributed by atoms with Crippen LogP contribution in [0.25, 0.3) is 0 Å². The molecule has 1 aliphatic heterocycles. The van der Waals surface area contributed by atoms with E-state index in [1.54, 1.807) is 0 Å². The Balaban J connectivity index is 0.000000325. The van der Waals surface area contributed by atoms with Crippen molar-refractivity contribution in [2.75, 3.05) is 26.9 Å². The lowest BCUT2D eigenvalue weighted by molar-refractivity contribution is -0.162. The Morgan fingerprint density at radius 1 is 1.41 bits per heavy atom. The van der Waals surface area contributed by atoms with Crippen LogP contribution >= 0.6 is 0 Å². The molecule has 5 nitrogen and oxygen atoms in total. The van der Waals surface area contributed by atoms with Gasteiger partial charge in [-0.2, -0.15) is 0 Å². The van der Waals surface area contributed by atoms with Crippen LogP contribution in [0.5, 0.6) is 0 Å². The van der Waals surface area contributed by atoms with Gasteiger partial charge < -0.3 is 9.47 Å². The number of rotatable bonds is 6. The van der Waals surface area contributed by atoms with Crippen LogP contribution in [0.2, 0.25) is 0 Å². The molecule has 1 heterocycles. The summed E-state index contributed by atoms with van der Waals surface area (Å²) in [4.78, 5) is 0. The highest BCUT2D eigenvalue weighted by Gasteiger charge is 2.12. The summed E-state index contributed by atoms with van der Waals surface area (Å²) >= 11 is -1.28. The second kappa shape index (κ2) is 12.4. The molecule has 1 rings (SSSR count). The van der Waals surface area contributed by atoms with Crippen LogP contribution in [0.3, 0.4) is 0 Å². The molecule has 1 aliphatic rings. The molecule has 0 aromatic heterocycles. The molecule has 1 fully saturated rings. The van der Waals surface area contributed by atoms with Gasteiger partial charge in [0.25, 0.3) is 0 Å². The topological polar surface area (TPSA) is 56.8 Å². The smallest absolute Gasteiger partial charge is 0.234 e. The first kappa shape index (κ1) is 17.0. The Morgan fingerprint density at radius 3 is 2.59 bits per heavy atom. The Hall–Kier alpha value is -0.0100. The van der Waals surface area contributed by atoms with E-state index in [4.69, 9.17) is 9.47 Å². The van der Waals surface area contributed by atoms with Crippen molar-refractivity contribution in [2.45, 2.75) is 45.8 Å².